The van der Waals surface area contributed by atoms with Gasteiger partial charge >= 0.3 is 0 Å². The minimum Gasteiger partial charge on any atom is -0.771 e. The highest BCUT2D eigenvalue weighted by atomic mass is 32.2. The molecule has 2 N–H and O–H groups in total. The van der Waals surface area contributed by atoms with Crippen LogP contribution in [0.2, 0.25) is 0 Å². The second kappa shape index (κ2) is 9.08. The van der Waals surface area contributed by atoms with Crippen LogP contribution in [0.4, 0.5) is 16.2 Å². The van der Waals surface area contributed by atoms with Crippen molar-refractivity contribution >= 4 is 28.5 Å². The molecule has 0 bridgehead atoms. The molecule has 0 aliphatic carbocycles. The molecule has 0 spiro atoms. The first kappa shape index (κ1) is 21.2. The minimum atomic E-state index is -2.06. The number of halogens is 1. The Hall–Kier alpha value is -2.64. The van der Waals surface area contributed by atoms with Crippen LogP contribution in [0.1, 0.15) is 25.7 Å². The molecule has 3 aromatic heterocycles. The number of rotatable bonds is 6. The van der Waals surface area contributed by atoms with Crippen LogP contribution < -0.4 is 10.2 Å². The van der Waals surface area contributed by atoms with E-state index in [2.05, 4.69) is 25.5 Å². The predicted molar refractivity (Wildman–Crippen MR) is 117 cm³/mol. The lowest BCUT2D eigenvalue weighted by molar-refractivity contribution is 0.247. The van der Waals surface area contributed by atoms with Crippen LogP contribution in [-0.2, 0) is 11.1 Å². The third-order valence-electron chi connectivity index (χ3n) is 6.00. The average molecular weight is 463 g/mol. The number of nitrogens with one attached hydrogen (secondary N) is 2. The smallest absolute Gasteiger partial charge is 0.243 e. The molecule has 2 aliphatic rings. The van der Waals surface area contributed by atoms with Crippen LogP contribution in [0.15, 0.2) is 18.6 Å². The summed E-state index contributed by atoms with van der Waals surface area (Å²) < 4.78 is 37.8. The Morgan fingerprint density at radius 2 is 2.09 bits per heavy atom. The van der Waals surface area contributed by atoms with Crippen LogP contribution in [0, 0.1) is 0 Å². The molecule has 0 amide bonds. The third-order valence-corrected chi connectivity index (χ3v) is 6.57. The van der Waals surface area contributed by atoms with Crippen LogP contribution in [0.3, 0.4) is 0 Å². The van der Waals surface area contributed by atoms with E-state index in [1.54, 1.807) is 23.1 Å². The van der Waals surface area contributed by atoms with Crippen molar-refractivity contribution < 1.29 is 13.2 Å². The second-order valence-electron chi connectivity index (χ2n) is 8.28. The van der Waals surface area contributed by atoms with E-state index in [1.807, 2.05) is 9.80 Å². The van der Waals surface area contributed by atoms with Gasteiger partial charge in [0.1, 0.15) is 11.9 Å². The fraction of sp³-hybridized carbons (Fsp3) is 0.579. The Morgan fingerprint density at radius 3 is 2.81 bits per heavy atom. The fourth-order valence-electron chi connectivity index (χ4n) is 4.43. The molecule has 13 heteroatoms. The van der Waals surface area contributed by atoms with Crippen molar-refractivity contribution in [3.8, 4) is 11.3 Å². The van der Waals surface area contributed by atoms with Gasteiger partial charge in [-0.05, 0) is 36.8 Å². The molecule has 2 aliphatic heterocycles. The van der Waals surface area contributed by atoms with Crippen LogP contribution in [-0.4, -0.2) is 87.7 Å². The van der Waals surface area contributed by atoms with Gasteiger partial charge in [0.15, 0.2) is 11.5 Å². The molecule has 5 rings (SSSR count). The number of anilines is 2. The van der Waals surface area contributed by atoms with Crippen molar-refractivity contribution in [2.45, 2.75) is 37.9 Å². The standard InChI is InChI=1S/C19H26FN9O2S/c20-14-2-1-5-28(11-14)18-17(13-8-22-23-9-13)21-10-16-25-19(26-29(16)18)24-15-3-6-27(7-4-15)12-32(30)31/h8-10,14-15H,1-7,11-12H2,(H,22,23)(H,24,26)(H,30,31)/p-1/t14-/m0/s1. The summed E-state index contributed by atoms with van der Waals surface area (Å²) >= 11 is -2.06. The molecule has 3 aromatic rings. The summed E-state index contributed by atoms with van der Waals surface area (Å²) in [4.78, 5) is 13.1. The number of aromatic nitrogens is 6. The van der Waals surface area contributed by atoms with Gasteiger partial charge in [0.25, 0.3) is 0 Å². The van der Waals surface area contributed by atoms with Gasteiger partial charge in [-0.25, -0.2) is 9.37 Å². The van der Waals surface area contributed by atoms with E-state index >= 15 is 0 Å². The molecule has 0 radical (unpaired) electrons. The maximum absolute atomic E-state index is 14.2. The van der Waals surface area contributed by atoms with E-state index in [0.717, 1.165) is 24.8 Å². The molecule has 0 aromatic carbocycles. The van der Waals surface area contributed by atoms with Crippen molar-refractivity contribution in [2.24, 2.45) is 0 Å². The molecular weight excluding hydrogens is 437 g/mol. The van der Waals surface area contributed by atoms with Gasteiger partial charge < -0.3 is 14.8 Å². The number of hydrogen-bond acceptors (Lipinski definition) is 9. The number of hydrogen-bond donors (Lipinski definition) is 2. The Kier molecular flexibility index (Phi) is 6.02. The van der Waals surface area contributed by atoms with Crippen molar-refractivity contribution in [1.82, 2.24) is 34.7 Å². The Morgan fingerprint density at radius 1 is 1.25 bits per heavy atom. The molecule has 172 valence electrons. The van der Waals surface area contributed by atoms with Gasteiger partial charge in [-0.2, -0.15) is 14.6 Å². The van der Waals surface area contributed by atoms with Gasteiger partial charge in [0, 0.05) is 37.4 Å². The van der Waals surface area contributed by atoms with Gasteiger partial charge in [0.2, 0.25) is 5.95 Å². The summed E-state index contributed by atoms with van der Waals surface area (Å²) in [6.07, 6.45) is 7.12. The Balaban J connectivity index is 1.42. The number of fused-ring (bicyclic) bond motifs is 1. The molecule has 2 atom stereocenters. The number of aromatic amines is 1. The topological polar surface area (TPSA) is 130 Å². The van der Waals surface area contributed by atoms with Crippen LogP contribution in [0.5, 0.6) is 0 Å². The lowest BCUT2D eigenvalue weighted by Gasteiger charge is -2.32. The monoisotopic (exact) mass is 462 g/mol. The van der Waals surface area contributed by atoms with E-state index in [-0.39, 0.29) is 18.5 Å². The van der Waals surface area contributed by atoms with Gasteiger partial charge in [-0.1, -0.05) is 0 Å². The van der Waals surface area contributed by atoms with E-state index in [9.17, 15) is 13.2 Å². The first-order valence-corrected chi connectivity index (χ1v) is 12.0. The Labute approximate surface area is 186 Å². The zero-order valence-electron chi connectivity index (χ0n) is 17.5. The van der Waals surface area contributed by atoms with Gasteiger partial charge in [-0.3, -0.25) is 14.2 Å². The lowest BCUT2D eigenvalue weighted by atomic mass is 10.1. The zero-order valence-corrected chi connectivity index (χ0v) is 18.3. The van der Waals surface area contributed by atoms with E-state index in [4.69, 9.17) is 5.10 Å². The summed E-state index contributed by atoms with van der Waals surface area (Å²) in [5.74, 6) is 1.26. The molecule has 32 heavy (non-hydrogen) atoms. The molecule has 11 nitrogen and oxygen atoms in total. The SMILES string of the molecule is O=S([O-])CN1CCC(Nc2nc3cnc(-c4cn[nH]c4)c(N4CCC[C@H](F)C4)n3n2)CC1. The van der Waals surface area contributed by atoms with Crippen molar-refractivity contribution in [3.05, 3.63) is 18.6 Å². The maximum Gasteiger partial charge on any atom is 0.243 e. The lowest BCUT2D eigenvalue weighted by Crippen LogP contribution is -2.40. The zero-order chi connectivity index (χ0) is 22.1. The van der Waals surface area contributed by atoms with Crippen LogP contribution in [0.25, 0.3) is 16.9 Å². The molecule has 5 heterocycles. The highest BCUT2D eigenvalue weighted by molar-refractivity contribution is 7.79. The molecule has 2 fully saturated rings. The first-order chi connectivity index (χ1) is 15.6. The van der Waals surface area contributed by atoms with E-state index in [1.165, 1.54) is 0 Å². The van der Waals surface area contributed by atoms with E-state index in [0.29, 0.717) is 49.2 Å². The van der Waals surface area contributed by atoms with Crippen molar-refractivity contribution in [3.63, 3.8) is 0 Å². The van der Waals surface area contributed by atoms with Gasteiger partial charge in [-0.15, -0.1) is 5.10 Å². The second-order valence-corrected chi connectivity index (χ2v) is 9.14. The van der Waals surface area contributed by atoms with Crippen LogP contribution >= 0.6 is 0 Å². The average Bonchev–Trinajstić information content (AvgIpc) is 3.43. The maximum atomic E-state index is 14.2. The summed E-state index contributed by atoms with van der Waals surface area (Å²) in [7, 11) is 0. The number of likely N-dealkylation sites (tertiary alicyclic amines) is 1. The van der Waals surface area contributed by atoms with Gasteiger partial charge in [0.05, 0.1) is 24.8 Å². The molecule has 1 unspecified atom stereocenters. The number of H-pyrrole nitrogens is 1. The molecule has 0 saturated carbocycles. The number of alkyl halides is 1. The summed E-state index contributed by atoms with van der Waals surface area (Å²) in [5.41, 5.74) is 2.06. The highest BCUT2D eigenvalue weighted by Crippen LogP contribution is 2.31. The molecular formula is C19H25FN9O2S-. The van der Waals surface area contributed by atoms with E-state index < -0.39 is 17.3 Å². The minimum absolute atomic E-state index is 0.0660. The summed E-state index contributed by atoms with van der Waals surface area (Å²) in [6, 6.07) is 0.152. The largest absolute Gasteiger partial charge is 0.771 e. The Bertz CT molecular complexity index is 1080. The number of piperidine rings is 2. The first-order valence-electron chi connectivity index (χ1n) is 10.8. The molecule has 2 saturated heterocycles. The quantitative estimate of drug-likeness (QED) is 0.518. The fourth-order valence-corrected chi connectivity index (χ4v) is 4.98. The number of nitrogens with zero attached hydrogens (tertiary/aromatic N) is 7. The predicted octanol–water partition coefficient (Wildman–Crippen LogP) is 1.17. The summed E-state index contributed by atoms with van der Waals surface area (Å²) in [5, 5.41) is 14.9. The summed E-state index contributed by atoms with van der Waals surface area (Å²) in [6.45, 7) is 2.40. The normalized spacial score (nSPS) is 21.8. The highest BCUT2D eigenvalue weighted by Gasteiger charge is 2.27. The third kappa shape index (κ3) is 4.45. The van der Waals surface area contributed by atoms with Crippen molar-refractivity contribution in [2.75, 3.05) is 42.3 Å². The van der Waals surface area contributed by atoms with Crippen molar-refractivity contribution in [1.29, 1.82) is 0 Å².